The van der Waals surface area contributed by atoms with Crippen LogP contribution in [0.2, 0.25) is 5.02 Å². The van der Waals surface area contributed by atoms with Crippen LogP contribution in [-0.4, -0.2) is 27.6 Å². The third-order valence-corrected chi connectivity index (χ3v) is 3.52. The minimum absolute atomic E-state index is 0.0318. The first-order valence-electron chi connectivity index (χ1n) is 5.85. The van der Waals surface area contributed by atoms with Crippen LogP contribution in [0.3, 0.4) is 0 Å². The van der Waals surface area contributed by atoms with Crippen molar-refractivity contribution in [3.63, 3.8) is 0 Å². The summed E-state index contributed by atoms with van der Waals surface area (Å²) in [7, 11) is 1.67. The summed E-state index contributed by atoms with van der Waals surface area (Å²) in [6, 6.07) is 3.30. The van der Waals surface area contributed by atoms with Crippen LogP contribution in [0.4, 0.5) is 0 Å². The van der Waals surface area contributed by atoms with E-state index in [4.69, 9.17) is 26.2 Å². The van der Waals surface area contributed by atoms with Crippen LogP contribution < -0.4 is 9.47 Å². The minimum Gasteiger partial charge on any atom is -0.476 e. The summed E-state index contributed by atoms with van der Waals surface area (Å²) >= 11 is 6.36. The van der Waals surface area contributed by atoms with Crippen molar-refractivity contribution in [3.8, 4) is 22.8 Å². The Morgan fingerprint density at radius 2 is 2.20 bits per heavy atom. The summed E-state index contributed by atoms with van der Waals surface area (Å²) < 4.78 is 12.1. The lowest BCUT2D eigenvalue weighted by atomic mass is 10.0. The summed E-state index contributed by atoms with van der Waals surface area (Å²) in [5, 5.41) is 13.4. The molecule has 1 aromatic heterocycles. The van der Waals surface area contributed by atoms with Gasteiger partial charge in [0.05, 0.1) is 10.7 Å². The number of halogens is 1. The quantitative estimate of drug-likeness (QED) is 0.921. The Morgan fingerprint density at radius 3 is 2.85 bits per heavy atom. The van der Waals surface area contributed by atoms with Gasteiger partial charge in [0, 0.05) is 12.6 Å². The Balaban J connectivity index is 2.23. The molecular weight excluding hydrogens is 284 g/mol. The topological polar surface area (TPSA) is 73.6 Å². The van der Waals surface area contributed by atoms with Crippen LogP contribution in [0.25, 0.3) is 11.3 Å². The van der Waals surface area contributed by atoms with Crippen LogP contribution in [0, 0.1) is 6.92 Å². The van der Waals surface area contributed by atoms with Crippen molar-refractivity contribution in [2.45, 2.75) is 6.92 Å². The van der Waals surface area contributed by atoms with Crippen molar-refractivity contribution in [2.24, 2.45) is 7.05 Å². The van der Waals surface area contributed by atoms with Gasteiger partial charge in [-0.1, -0.05) is 11.6 Å². The summed E-state index contributed by atoms with van der Waals surface area (Å²) in [5.41, 5.74) is 2.14. The van der Waals surface area contributed by atoms with E-state index < -0.39 is 5.97 Å². The molecule has 3 rings (SSSR count). The Bertz CT molecular complexity index is 724. The minimum atomic E-state index is -1.08. The molecule has 0 saturated carbocycles. The lowest BCUT2D eigenvalue weighted by Crippen LogP contribution is -1.99. The predicted octanol–water partition coefficient (Wildman–Crippen LogP) is 2.48. The fraction of sp³-hybridized carbons (Fsp3) is 0.231. The fourth-order valence-electron chi connectivity index (χ4n) is 2.24. The molecule has 0 unspecified atom stereocenters. The van der Waals surface area contributed by atoms with Crippen LogP contribution in [0.5, 0.6) is 11.5 Å². The molecule has 1 aliphatic heterocycles. The fourth-order valence-corrected chi connectivity index (χ4v) is 2.64. The highest BCUT2D eigenvalue weighted by Crippen LogP contribution is 2.46. The second-order valence-electron chi connectivity index (χ2n) is 4.46. The van der Waals surface area contributed by atoms with Crippen molar-refractivity contribution >= 4 is 17.6 Å². The van der Waals surface area contributed by atoms with E-state index in [1.165, 1.54) is 10.7 Å². The highest BCUT2D eigenvalue weighted by Gasteiger charge is 2.25. The molecule has 0 atom stereocenters. The number of rotatable bonds is 2. The molecular formula is C13H11ClN2O4. The Hall–Kier alpha value is -2.21. The first-order valence-corrected chi connectivity index (χ1v) is 6.23. The van der Waals surface area contributed by atoms with Crippen molar-refractivity contribution in [1.82, 2.24) is 9.78 Å². The summed E-state index contributed by atoms with van der Waals surface area (Å²) in [6.07, 6.45) is 0. The van der Waals surface area contributed by atoms with Gasteiger partial charge in [-0.3, -0.25) is 4.68 Å². The summed E-state index contributed by atoms with van der Waals surface area (Å²) in [6.45, 7) is 2.00. The number of carboxylic acids is 1. The van der Waals surface area contributed by atoms with Gasteiger partial charge in [-0.25, -0.2) is 4.79 Å². The first kappa shape index (κ1) is 12.8. The number of carboxylic acid groups (broad SMARTS) is 1. The van der Waals surface area contributed by atoms with Crippen LogP contribution in [-0.2, 0) is 7.05 Å². The Morgan fingerprint density at radius 1 is 1.45 bits per heavy atom. The maximum atomic E-state index is 11.0. The monoisotopic (exact) mass is 294 g/mol. The van der Waals surface area contributed by atoms with E-state index in [0.717, 1.165) is 5.56 Å². The van der Waals surface area contributed by atoms with Gasteiger partial charge in [-0.05, 0) is 24.6 Å². The number of aromatic carboxylic acids is 1. The first-order chi connectivity index (χ1) is 9.49. The van der Waals surface area contributed by atoms with E-state index in [1.807, 2.05) is 13.0 Å². The molecule has 0 spiro atoms. The molecule has 1 N–H and O–H groups in total. The number of benzene rings is 1. The van der Waals surface area contributed by atoms with Crippen LogP contribution in [0.1, 0.15) is 16.1 Å². The molecule has 0 radical (unpaired) electrons. The van der Waals surface area contributed by atoms with E-state index in [-0.39, 0.29) is 12.5 Å². The van der Waals surface area contributed by atoms with E-state index in [1.54, 1.807) is 7.05 Å². The largest absolute Gasteiger partial charge is 0.476 e. The van der Waals surface area contributed by atoms with Gasteiger partial charge in [-0.2, -0.15) is 5.10 Å². The number of aromatic nitrogens is 2. The van der Waals surface area contributed by atoms with Crippen LogP contribution >= 0.6 is 11.6 Å². The average molecular weight is 295 g/mol. The van der Waals surface area contributed by atoms with E-state index >= 15 is 0 Å². The zero-order valence-corrected chi connectivity index (χ0v) is 11.6. The smallest absolute Gasteiger partial charge is 0.356 e. The van der Waals surface area contributed by atoms with Gasteiger partial charge in [-0.15, -0.1) is 0 Å². The molecule has 1 aromatic carbocycles. The number of ether oxygens (including phenoxy) is 2. The van der Waals surface area contributed by atoms with Crippen molar-refractivity contribution in [3.05, 3.63) is 28.4 Å². The highest BCUT2D eigenvalue weighted by molar-refractivity contribution is 6.35. The second-order valence-corrected chi connectivity index (χ2v) is 4.84. The molecule has 20 heavy (non-hydrogen) atoms. The van der Waals surface area contributed by atoms with Gasteiger partial charge >= 0.3 is 5.97 Å². The molecule has 104 valence electrons. The van der Waals surface area contributed by atoms with Gasteiger partial charge in [0.25, 0.3) is 0 Å². The maximum absolute atomic E-state index is 11.0. The Kier molecular flexibility index (Phi) is 2.83. The highest BCUT2D eigenvalue weighted by atomic mass is 35.5. The van der Waals surface area contributed by atoms with Crippen molar-refractivity contribution < 1.29 is 19.4 Å². The summed E-state index contributed by atoms with van der Waals surface area (Å²) in [4.78, 5) is 11.0. The number of carbonyl (C=O) groups is 1. The Labute approximate surface area is 119 Å². The van der Waals surface area contributed by atoms with Crippen molar-refractivity contribution in [1.29, 1.82) is 0 Å². The molecule has 6 nitrogen and oxygen atoms in total. The normalized spacial score (nSPS) is 12.8. The molecule has 0 amide bonds. The second kappa shape index (κ2) is 4.42. The molecule has 0 saturated heterocycles. The lowest BCUT2D eigenvalue weighted by Gasteiger charge is -2.10. The molecule has 1 aliphatic rings. The number of fused-ring (bicyclic) bond motifs is 1. The standard InChI is InChI=1S/C13H11ClN2O4/c1-6-3-9-12(20-5-19-9)11(14)10(6)8-4-7(13(17)18)15-16(8)2/h3-4H,5H2,1-2H3,(H,17,18). The van der Waals surface area contributed by atoms with Gasteiger partial charge in [0.1, 0.15) is 0 Å². The zero-order chi connectivity index (χ0) is 14.4. The number of hydrogen-bond donors (Lipinski definition) is 1. The third kappa shape index (κ3) is 1.80. The van der Waals surface area contributed by atoms with Crippen LogP contribution in [0.15, 0.2) is 12.1 Å². The van der Waals surface area contributed by atoms with E-state index in [2.05, 4.69) is 5.10 Å². The van der Waals surface area contributed by atoms with E-state index in [0.29, 0.717) is 27.8 Å². The van der Waals surface area contributed by atoms with Crippen molar-refractivity contribution in [2.75, 3.05) is 6.79 Å². The molecule has 0 fully saturated rings. The number of aryl methyl sites for hydroxylation is 2. The summed E-state index contributed by atoms with van der Waals surface area (Å²) in [5.74, 6) is -0.0106. The van der Waals surface area contributed by atoms with Gasteiger partial charge in [0.15, 0.2) is 17.2 Å². The lowest BCUT2D eigenvalue weighted by molar-refractivity contribution is 0.0689. The molecule has 7 heteroatoms. The average Bonchev–Trinajstić information content (AvgIpc) is 2.97. The number of nitrogens with zero attached hydrogens (tertiary/aromatic N) is 2. The number of hydrogen-bond acceptors (Lipinski definition) is 4. The molecule has 2 aromatic rings. The predicted molar refractivity (Wildman–Crippen MR) is 71.5 cm³/mol. The zero-order valence-electron chi connectivity index (χ0n) is 10.8. The third-order valence-electron chi connectivity index (χ3n) is 3.16. The van der Waals surface area contributed by atoms with Gasteiger partial charge in [0.2, 0.25) is 6.79 Å². The van der Waals surface area contributed by atoms with E-state index in [9.17, 15) is 4.79 Å². The SMILES string of the molecule is Cc1cc2c(c(Cl)c1-c1cc(C(=O)O)nn1C)OCO2. The molecule has 2 heterocycles. The molecule has 0 aliphatic carbocycles. The molecule has 0 bridgehead atoms. The van der Waals surface area contributed by atoms with Gasteiger partial charge < -0.3 is 14.6 Å². The maximum Gasteiger partial charge on any atom is 0.356 e.